The quantitative estimate of drug-likeness (QED) is 0.574. The van der Waals surface area contributed by atoms with Crippen molar-refractivity contribution in [3.05, 3.63) is 0 Å². The zero-order chi connectivity index (χ0) is 22.9. The zero-order valence-corrected chi connectivity index (χ0v) is 19.4. The van der Waals surface area contributed by atoms with Crippen LogP contribution in [0, 0.1) is 52.3 Å². The molecule has 0 spiro atoms. The van der Waals surface area contributed by atoms with E-state index >= 15 is 0 Å². The maximum absolute atomic E-state index is 14.5. The van der Waals surface area contributed by atoms with Crippen molar-refractivity contribution >= 4 is 5.97 Å². The summed E-state index contributed by atoms with van der Waals surface area (Å²) in [4.78, 5) is 11.3. The number of alkyl halides is 2. The standard InChI is InChI=1S/C25H40F2O4/c1-5-15-19-12-14(28)8-10-24(19,4)18-9-11-23(3)16(13(2)25(26,27)22(30)31)6-7-17(23)20(18)21(15)29/h13-21,28-29H,5-12H2,1-4H3,(H,30,31)/t13-,14+,15+,16+,17?,18?,19-,20-,21+,23+,24+/m0/s1. The molecule has 4 aliphatic carbocycles. The first-order valence-electron chi connectivity index (χ1n) is 12.4. The largest absolute Gasteiger partial charge is 0.477 e. The molecular weight excluding hydrogens is 402 g/mol. The van der Waals surface area contributed by atoms with E-state index in [-0.39, 0.29) is 40.6 Å². The summed E-state index contributed by atoms with van der Waals surface area (Å²) < 4.78 is 29.0. The summed E-state index contributed by atoms with van der Waals surface area (Å²) in [5.74, 6) is -6.33. The molecule has 4 fully saturated rings. The van der Waals surface area contributed by atoms with Crippen molar-refractivity contribution < 1.29 is 28.9 Å². The number of rotatable bonds is 4. The average Bonchev–Trinajstić information content (AvgIpc) is 3.05. The number of halogens is 2. The van der Waals surface area contributed by atoms with Gasteiger partial charge in [0, 0.05) is 5.92 Å². The van der Waals surface area contributed by atoms with Gasteiger partial charge in [-0.15, -0.1) is 0 Å². The maximum Gasteiger partial charge on any atom is 0.374 e. The van der Waals surface area contributed by atoms with E-state index in [2.05, 4.69) is 20.8 Å². The van der Waals surface area contributed by atoms with Gasteiger partial charge in [-0.1, -0.05) is 34.1 Å². The Bertz CT molecular complexity index is 714. The highest BCUT2D eigenvalue weighted by atomic mass is 19.3. The Morgan fingerprint density at radius 3 is 2.26 bits per heavy atom. The fraction of sp³-hybridized carbons (Fsp3) is 0.960. The van der Waals surface area contributed by atoms with Gasteiger partial charge in [0.25, 0.3) is 0 Å². The van der Waals surface area contributed by atoms with Crippen molar-refractivity contribution in [2.45, 2.75) is 97.2 Å². The molecule has 3 N–H and O–H groups in total. The fourth-order valence-electron chi connectivity index (χ4n) is 9.27. The molecule has 4 rings (SSSR count). The number of hydrogen-bond acceptors (Lipinski definition) is 3. The van der Waals surface area contributed by atoms with E-state index in [4.69, 9.17) is 5.11 Å². The lowest BCUT2D eigenvalue weighted by Gasteiger charge is -2.64. The lowest BCUT2D eigenvalue weighted by atomic mass is 9.41. The third kappa shape index (κ3) is 3.21. The van der Waals surface area contributed by atoms with Crippen molar-refractivity contribution in [1.82, 2.24) is 0 Å². The molecule has 0 amide bonds. The van der Waals surface area contributed by atoms with Crippen LogP contribution in [0.4, 0.5) is 8.78 Å². The van der Waals surface area contributed by atoms with Crippen molar-refractivity contribution in [2.24, 2.45) is 52.3 Å². The first kappa shape index (κ1) is 23.4. The monoisotopic (exact) mass is 442 g/mol. The van der Waals surface area contributed by atoms with Gasteiger partial charge in [0.1, 0.15) is 0 Å². The molecule has 4 aliphatic rings. The number of carbonyl (C=O) groups is 1. The summed E-state index contributed by atoms with van der Waals surface area (Å²) in [5, 5.41) is 31.1. The van der Waals surface area contributed by atoms with Crippen LogP contribution in [0.15, 0.2) is 0 Å². The zero-order valence-electron chi connectivity index (χ0n) is 19.4. The summed E-state index contributed by atoms with van der Waals surface area (Å²) in [6, 6.07) is 0. The Morgan fingerprint density at radius 1 is 1.03 bits per heavy atom. The number of aliphatic carboxylic acids is 1. The summed E-state index contributed by atoms with van der Waals surface area (Å²) in [6.45, 7) is 7.97. The van der Waals surface area contributed by atoms with E-state index < -0.39 is 23.9 Å². The highest BCUT2D eigenvalue weighted by molar-refractivity contribution is 5.75. The van der Waals surface area contributed by atoms with Crippen LogP contribution in [-0.4, -0.2) is 39.4 Å². The second kappa shape index (κ2) is 7.65. The lowest BCUT2D eigenvalue weighted by Crippen LogP contribution is -2.62. The molecule has 2 unspecified atom stereocenters. The van der Waals surface area contributed by atoms with E-state index in [1.54, 1.807) is 0 Å². The molecule has 31 heavy (non-hydrogen) atoms. The van der Waals surface area contributed by atoms with E-state index in [1.165, 1.54) is 6.92 Å². The first-order valence-corrected chi connectivity index (χ1v) is 12.4. The predicted molar refractivity (Wildman–Crippen MR) is 114 cm³/mol. The van der Waals surface area contributed by atoms with Gasteiger partial charge in [-0.25, -0.2) is 4.79 Å². The minimum atomic E-state index is -3.73. The predicted octanol–water partition coefficient (Wildman–Crippen LogP) is 4.97. The number of carboxylic acids is 1. The van der Waals surface area contributed by atoms with Crippen molar-refractivity contribution in [3.63, 3.8) is 0 Å². The number of hydrogen-bond donors (Lipinski definition) is 3. The second-order valence-corrected chi connectivity index (χ2v) is 11.8. The van der Waals surface area contributed by atoms with Gasteiger partial charge in [0.15, 0.2) is 0 Å². The number of carboxylic acid groups (broad SMARTS) is 1. The molecule has 6 heteroatoms. The fourth-order valence-corrected chi connectivity index (χ4v) is 9.27. The highest BCUT2D eigenvalue weighted by Crippen LogP contribution is 2.69. The van der Waals surface area contributed by atoms with Gasteiger partial charge in [-0.05, 0) is 91.3 Å². The van der Waals surface area contributed by atoms with Crippen LogP contribution >= 0.6 is 0 Å². The number of aliphatic hydroxyl groups excluding tert-OH is 2. The molecule has 11 atom stereocenters. The summed E-state index contributed by atoms with van der Waals surface area (Å²) in [7, 11) is 0. The van der Waals surface area contributed by atoms with E-state index in [1.807, 2.05) is 0 Å². The van der Waals surface area contributed by atoms with Crippen LogP contribution in [0.3, 0.4) is 0 Å². The molecule has 0 saturated heterocycles. The molecule has 0 radical (unpaired) electrons. The van der Waals surface area contributed by atoms with Crippen LogP contribution in [0.1, 0.15) is 79.1 Å². The SMILES string of the molecule is CC[C@H]1[C@@H](O)[C@H]2C3CC[C@H]([C@H](C)C(F)(F)C(=O)O)[C@@]3(C)CCC2[C@@]2(C)CC[C@@H](O)C[C@@H]12. The maximum atomic E-state index is 14.5. The second-order valence-electron chi connectivity index (χ2n) is 11.8. The van der Waals surface area contributed by atoms with Crippen LogP contribution in [0.2, 0.25) is 0 Å². The Morgan fingerprint density at radius 2 is 1.65 bits per heavy atom. The van der Waals surface area contributed by atoms with Crippen LogP contribution in [0.5, 0.6) is 0 Å². The molecule has 0 aromatic carbocycles. The third-order valence-corrected chi connectivity index (χ3v) is 10.9. The Kier molecular flexibility index (Phi) is 5.77. The van der Waals surface area contributed by atoms with E-state index in [0.29, 0.717) is 18.3 Å². The molecule has 0 aliphatic heterocycles. The van der Waals surface area contributed by atoms with Gasteiger partial charge in [-0.3, -0.25) is 0 Å². The summed E-state index contributed by atoms with van der Waals surface area (Å²) >= 11 is 0. The minimum Gasteiger partial charge on any atom is -0.477 e. The van der Waals surface area contributed by atoms with Gasteiger partial charge < -0.3 is 15.3 Å². The summed E-state index contributed by atoms with van der Waals surface area (Å²) in [6.07, 6.45) is 5.72. The normalized spacial score (nSPS) is 50.8. The summed E-state index contributed by atoms with van der Waals surface area (Å²) in [5.41, 5.74) is -0.296. The number of aliphatic hydroxyl groups is 2. The van der Waals surface area contributed by atoms with Crippen molar-refractivity contribution in [2.75, 3.05) is 0 Å². The van der Waals surface area contributed by atoms with Crippen LogP contribution in [-0.2, 0) is 4.79 Å². The number of fused-ring (bicyclic) bond motifs is 5. The van der Waals surface area contributed by atoms with E-state index in [0.717, 1.165) is 44.9 Å². The first-order chi connectivity index (χ1) is 14.4. The molecule has 178 valence electrons. The molecule has 0 aromatic rings. The molecule has 0 heterocycles. The highest BCUT2D eigenvalue weighted by Gasteiger charge is 2.66. The van der Waals surface area contributed by atoms with Gasteiger partial charge in [-0.2, -0.15) is 8.78 Å². The van der Waals surface area contributed by atoms with Crippen molar-refractivity contribution in [1.29, 1.82) is 0 Å². The Labute approximate surface area is 184 Å². The molecule has 4 saturated carbocycles. The van der Waals surface area contributed by atoms with Crippen LogP contribution in [0.25, 0.3) is 0 Å². The van der Waals surface area contributed by atoms with Gasteiger partial charge in [0.05, 0.1) is 12.2 Å². The lowest BCUT2D eigenvalue weighted by molar-refractivity contribution is -0.208. The van der Waals surface area contributed by atoms with Gasteiger partial charge in [0.2, 0.25) is 0 Å². The molecule has 0 bridgehead atoms. The molecule has 0 aromatic heterocycles. The van der Waals surface area contributed by atoms with E-state index in [9.17, 15) is 23.8 Å². The average molecular weight is 443 g/mol. The third-order valence-electron chi connectivity index (χ3n) is 10.9. The Hall–Kier alpha value is -0.750. The van der Waals surface area contributed by atoms with Gasteiger partial charge >= 0.3 is 11.9 Å². The Balaban J connectivity index is 1.68. The smallest absolute Gasteiger partial charge is 0.374 e. The minimum absolute atomic E-state index is 0.0693. The van der Waals surface area contributed by atoms with Crippen molar-refractivity contribution in [3.8, 4) is 0 Å². The topological polar surface area (TPSA) is 77.8 Å². The van der Waals surface area contributed by atoms with Crippen LogP contribution < -0.4 is 0 Å². The molecule has 4 nitrogen and oxygen atoms in total. The molecular formula is C25H40F2O4.